The number of pyridine rings is 1. The fourth-order valence-corrected chi connectivity index (χ4v) is 6.05. The third kappa shape index (κ3) is 5.26. The third-order valence-electron chi connectivity index (χ3n) is 8.87. The SMILES string of the molecule is CN1CCN(c2cc3c(cc2F)c(=O)c(-c2noc(C4(c5ccccc5)CC4)n2)cn3Cc2ccc(C(F)(F)F)cc2F)CC1. The lowest BCUT2D eigenvalue weighted by Crippen LogP contribution is -2.44. The Labute approximate surface area is 254 Å². The van der Waals surface area contributed by atoms with E-state index in [2.05, 4.69) is 15.0 Å². The van der Waals surface area contributed by atoms with E-state index in [4.69, 9.17) is 4.52 Å². The van der Waals surface area contributed by atoms with Gasteiger partial charge in [-0.3, -0.25) is 4.79 Å². The van der Waals surface area contributed by atoms with Gasteiger partial charge in [-0.15, -0.1) is 0 Å². The number of hydrogen-bond acceptors (Lipinski definition) is 6. The predicted octanol–water partition coefficient (Wildman–Crippen LogP) is 6.23. The summed E-state index contributed by atoms with van der Waals surface area (Å²) in [6, 6.07) is 14.7. The van der Waals surface area contributed by atoms with Crippen LogP contribution in [0, 0.1) is 11.6 Å². The maximum atomic E-state index is 15.6. The lowest BCUT2D eigenvalue weighted by atomic mass is 9.96. The van der Waals surface area contributed by atoms with Gasteiger partial charge >= 0.3 is 6.18 Å². The van der Waals surface area contributed by atoms with Gasteiger partial charge in [0.15, 0.2) is 0 Å². The van der Waals surface area contributed by atoms with Crippen molar-refractivity contribution < 1.29 is 26.5 Å². The van der Waals surface area contributed by atoms with Gasteiger partial charge in [0.25, 0.3) is 0 Å². The minimum atomic E-state index is -4.71. The fourth-order valence-electron chi connectivity index (χ4n) is 6.05. The summed E-state index contributed by atoms with van der Waals surface area (Å²) >= 11 is 0. The molecule has 232 valence electrons. The molecule has 1 aliphatic heterocycles. The van der Waals surface area contributed by atoms with Crippen LogP contribution in [0.1, 0.15) is 35.4 Å². The Morgan fingerprint density at radius 2 is 1.67 bits per heavy atom. The van der Waals surface area contributed by atoms with E-state index in [0.29, 0.717) is 43.7 Å². The zero-order valence-corrected chi connectivity index (χ0v) is 24.2. The van der Waals surface area contributed by atoms with Crippen LogP contribution in [0.15, 0.2) is 76.2 Å². The Morgan fingerprint density at radius 1 is 0.933 bits per heavy atom. The molecule has 0 N–H and O–H groups in total. The predicted molar refractivity (Wildman–Crippen MR) is 158 cm³/mol. The van der Waals surface area contributed by atoms with Gasteiger partial charge < -0.3 is 18.9 Å². The molecule has 45 heavy (non-hydrogen) atoms. The lowest BCUT2D eigenvalue weighted by Gasteiger charge is -2.34. The Hall–Kier alpha value is -4.58. The van der Waals surface area contributed by atoms with E-state index in [-0.39, 0.29) is 34.6 Å². The largest absolute Gasteiger partial charge is 0.416 e. The first kappa shape index (κ1) is 29.1. The average molecular weight is 622 g/mol. The molecule has 2 aliphatic rings. The molecule has 1 saturated heterocycles. The van der Waals surface area contributed by atoms with Crippen LogP contribution in [0.3, 0.4) is 0 Å². The van der Waals surface area contributed by atoms with Crippen molar-refractivity contribution >= 4 is 16.6 Å². The smallest absolute Gasteiger partial charge is 0.367 e. The van der Waals surface area contributed by atoms with Crippen molar-refractivity contribution in [3.05, 3.63) is 111 Å². The molecule has 1 aliphatic carbocycles. The standard InChI is InChI=1S/C33H28F5N5O2/c1-41-11-13-42(14-12-41)28-17-27-23(16-26(28)35)29(44)24(19-43(27)18-20-7-8-22(15-25(20)34)33(36,37)38)30-39-31(45-40-30)32(9-10-32)21-5-3-2-4-6-21/h2-8,15-17,19H,9-14,18H2,1H3. The highest BCUT2D eigenvalue weighted by Gasteiger charge is 2.51. The number of benzene rings is 3. The first-order chi connectivity index (χ1) is 21.5. The first-order valence-corrected chi connectivity index (χ1v) is 14.6. The maximum Gasteiger partial charge on any atom is 0.416 e. The van der Waals surface area contributed by atoms with Crippen molar-refractivity contribution in [1.29, 1.82) is 0 Å². The quantitative estimate of drug-likeness (QED) is 0.210. The molecule has 0 spiro atoms. The zero-order chi connectivity index (χ0) is 31.5. The summed E-state index contributed by atoms with van der Waals surface area (Å²) < 4.78 is 77.6. The number of fused-ring (bicyclic) bond motifs is 1. The van der Waals surface area contributed by atoms with E-state index in [9.17, 15) is 18.0 Å². The highest BCUT2D eigenvalue weighted by molar-refractivity contribution is 5.86. The van der Waals surface area contributed by atoms with Crippen LogP contribution in [0.4, 0.5) is 27.6 Å². The van der Waals surface area contributed by atoms with Gasteiger partial charge in [-0.2, -0.15) is 18.2 Å². The van der Waals surface area contributed by atoms with Crippen molar-refractivity contribution in [2.24, 2.45) is 0 Å². The topological polar surface area (TPSA) is 67.4 Å². The molecule has 0 amide bonds. The maximum absolute atomic E-state index is 15.6. The highest BCUT2D eigenvalue weighted by atomic mass is 19.4. The lowest BCUT2D eigenvalue weighted by molar-refractivity contribution is -0.137. The summed E-state index contributed by atoms with van der Waals surface area (Å²) in [5.74, 6) is -1.31. The van der Waals surface area contributed by atoms with E-state index in [1.165, 1.54) is 10.8 Å². The van der Waals surface area contributed by atoms with Gasteiger partial charge in [0.05, 0.1) is 34.3 Å². The third-order valence-corrected chi connectivity index (χ3v) is 8.87. The minimum Gasteiger partial charge on any atom is -0.367 e. The number of hydrogen-bond donors (Lipinski definition) is 0. The highest BCUT2D eigenvalue weighted by Crippen LogP contribution is 2.53. The molecule has 0 atom stereocenters. The van der Waals surface area contributed by atoms with E-state index < -0.39 is 34.2 Å². The molecule has 7 rings (SSSR count). The molecule has 2 aromatic heterocycles. The number of rotatable bonds is 6. The van der Waals surface area contributed by atoms with E-state index in [1.54, 1.807) is 6.07 Å². The Morgan fingerprint density at radius 3 is 2.33 bits per heavy atom. The number of nitrogens with zero attached hydrogens (tertiary/aromatic N) is 5. The van der Waals surface area contributed by atoms with Gasteiger partial charge in [-0.25, -0.2) is 8.78 Å². The summed E-state index contributed by atoms with van der Waals surface area (Å²) in [7, 11) is 1.97. The van der Waals surface area contributed by atoms with Crippen LogP contribution in [0.2, 0.25) is 0 Å². The Bertz CT molecular complexity index is 1960. The van der Waals surface area contributed by atoms with Crippen LogP contribution in [0.5, 0.6) is 0 Å². The van der Waals surface area contributed by atoms with Gasteiger partial charge in [-0.05, 0) is 49.7 Å². The van der Waals surface area contributed by atoms with Crippen molar-refractivity contribution in [2.45, 2.75) is 31.0 Å². The molecular formula is C33H28F5N5O2. The second kappa shape index (κ2) is 10.8. The monoisotopic (exact) mass is 621 g/mol. The second-order valence-electron chi connectivity index (χ2n) is 11.8. The molecule has 7 nitrogen and oxygen atoms in total. The number of likely N-dealkylation sites (N-methyl/N-ethyl adjacent to an activating group) is 1. The van der Waals surface area contributed by atoms with E-state index in [1.807, 2.05) is 42.3 Å². The summed E-state index contributed by atoms with van der Waals surface area (Å²) in [6.07, 6.45) is -1.70. The van der Waals surface area contributed by atoms with Crippen LogP contribution in [0.25, 0.3) is 22.3 Å². The number of alkyl halides is 3. The van der Waals surface area contributed by atoms with Gasteiger partial charge in [0.1, 0.15) is 11.6 Å². The molecule has 0 bridgehead atoms. The first-order valence-electron chi connectivity index (χ1n) is 14.6. The van der Waals surface area contributed by atoms with Crippen LogP contribution < -0.4 is 10.3 Å². The zero-order valence-electron chi connectivity index (χ0n) is 24.2. The summed E-state index contributed by atoms with van der Waals surface area (Å²) in [5, 5.41) is 4.11. The number of halogens is 5. The van der Waals surface area contributed by atoms with Crippen LogP contribution in [-0.2, 0) is 18.1 Å². The minimum absolute atomic E-state index is 0.000397. The van der Waals surface area contributed by atoms with Crippen molar-refractivity contribution in [2.75, 3.05) is 38.1 Å². The fraction of sp³-hybridized carbons (Fsp3) is 0.303. The molecule has 3 aromatic carbocycles. The van der Waals surface area contributed by atoms with Gasteiger partial charge in [-0.1, -0.05) is 41.6 Å². The number of anilines is 1. The van der Waals surface area contributed by atoms with Crippen molar-refractivity contribution in [3.8, 4) is 11.4 Å². The molecule has 1 saturated carbocycles. The van der Waals surface area contributed by atoms with E-state index >= 15 is 8.78 Å². The summed E-state index contributed by atoms with van der Waals surface area (Å²) in [5.41, 5.74) is -0.577. The molecular weight excluding hydrogens is 593 g/mol. The van der Waals surface area contributed by atoms with E-state index in [0.717, 1.165) is 36.6 Å². The van der Waals surface area contributed by atoms with Crippen molar-refractivity contribution in [3.63, 3.8) is 0 Å². The molecule has 2 fully saturated rings. The average Bonchev–Trinajstić information content (AvgIpc) is 3.69. The van der Waals surface area contributed by atoms with Gasteiger partial charge in [0, 0.05) is 43.3 Å². The van der Waals surface area contributed by atoms with Crippen molar-refractivity contribution in [1.82, 2.24) is 19.6 Å². The molecule has 12 heteroatoms. The molecule has 0 unspecified atom stereocenters. The normalized spacial score (nSPS) is 16.8. The number of piperazine rings is 1. The van der Waals surface area contributed by atoms with Crippen LogP contribution >= 0.6 is 0 Å². The molecule has 3 heterocycles. The Balaban J connectivity index is 1.35. The molecule has 0 radical (unpaired) electrons. The molecule has 5 aromatic rings. The van der Waals surface area contributed by atoms with Crippen LogP contribution in [-0.4, -0.2) is 52.8 Å². The number of aromatic nitrogens is 3. The second-order valence-corrected chi connectivity index (χ2v) is 11.8. The summed E-state index contributed by atoms with van der Waals surface area (Å²) in [4.78, 5) is 22.4. The Kier molecular flexibility index (Phi) is 6.99. The van der Waals surface area contributed by atoms with Gasteiger partial charge in [0.2, 0.25) is 17.1 Å². The summed E-state index contributed by atoms with van der Waals surface area (Å²) in [6.45, 7) is 2.31.